The van der Waals surface area contributed by atoms with Gasteiger partial charge in [0.2, 0.25) is 0 Å². The van der Waals surface area contributed by atoms with Crippen LogP contribution >= 0.6 is 0 Å². The fourth-order valence-electron chi connectivity index (χ4n) is 2.51. The van der Waals surface area contributed by atoms with Crippen molar-refractivity contribution in [3.8, 4) is 0 Å². The summed E-state index contributed by atoms with van der Waals surface area (Å²) in [6.07, 6.45) is 1.00. The molecule has 104 valence electrons. The van der Waals surface area contributed by atoms with Gasteiger partial charge in [0.05, 0.1) is 11.0 Å². The Morgan fingerprint density at radius 1 is 1.32 bits per heavy atom. The number of benzene rings is 1. The SMILES string of the molecule is CC(C)c1nc2ccc(CC(C)(C)CN)cc2n1C. The Hall–Kier alpha value is -1.35. The Morgan fingerprint density at radius 3 is 2.58 bits per heavy atom. The van der Waals surface area contributed by atoms with Crippen LogP contribution in [-0.2, 0) is 13.5 Å². The minimum Gasteiger partial charge on any atom is -0.331 e. The molecule has 0 aliphatic rings. The van der Waals surface area contributed by atoms with Gasteiger partial charge in [-0.2, -0.15) is 0 Å². The lowest BCUT2D eigenvalue weighted by Gasteiger charge is -2.22. The third-order valence-electron chi connectivity index (χ3n) is 3.73. The summed E-state index contributed by atoms with van der Waals surface area (Å²) >= 11 is 0. The van der Waals surface area contributed by atoms with Gasteiger partial charge < -0.3 is 10.3 Å². The summed E-state index contributed by atoms with van der Waals surface area (Å²) in [5.74, 6) is 1.59. The van der Waals surface area contributed by atoms with Crippen LogP contribution in [0.5, 0.6) is 0 Å². The van der Waals surface area contributed by atoms with E-state index in [9.17, 15) is 0 Å². The summed E-state index contributed by atoms with van der Waals surface area (Å²) in [6.45, 7) is 9.48. The van der Waals surface area contributed by atoms with Crippen LogP contribution < -0.4 is 5.73 Å². The van der Waals surface area contributed by atoms with Crippen LogP contribution in [-0.4, -0.2) is 16.1 Å². The first-order chi connectivity index (χ1) is 8.84. The van der Waals surface area contributed by atoms with Gasteiger partial charge in [0.15, 0.2) is 0 Å². The third-order valence-corrected chi connectivity index (χ3v) is 3.73. The number of nitrogens with two attached hydrogens (primary N) is 1. The van der Waals surface area contributed by atoms with E-state index in [1.807, 2.05) is 0 Å². The molecule has 0 radical (unpaired) electrons. The van der Waals surface area contributed by atoms with E-state index in [0.717, 1.165) is 17.8 Å². The van der Waals surface area contributed by atoms with E-state index in [2.05, 4.69) is 57.5 Å². The number of aromatic nitrogens is 2. The second-order valence-electron chi connectivity index (χ2n) is 6.55. The molecule has 1 aromatic carbocycles. The number of aryl methyl sites for hydroxylation is 1. The maximum atomic E-state index is 5.82. The molecule has 0 amide bonds. The van der Waals surface area contributed by atoms with E-state index in [4.69, 9.17) is 10.7 Å². The van der Waals surface area contributed by atoms with E-state index >= 15 is 0 Å². The first-order valence-corrected chi connectivity index (χ1v) is 6.99. The first kappa shape index (κ1) is 14.1. The topological polar surface area (TPSA) is 43.8 Å². The van der Waals surface area contributed by atoms with Crippen LogP contribution in [0.3, 0.4) is 0 Å². The van der Waals surface area contributed by atoms with Gasteiger partial charge in [0.25, 0.3) is 0 Å². The zero-order valence-electron chi connectivity index (χ0n) is 12.7. The number of hydrogen-bond acceptors (Lipinski definition) is 2. The highest BCUT2D eigenvalue weighted by Gasteiger charge is 2.17. The monoisotopic (exact) mass is 259 g/mol. The van der Waals surface area contributed by atoms with Gasteiger partial charge >= 0.3 is 0 Å². The smallest absolute Gasteiger partial charge is 0.112 e. The molecule has 1 heterocycles. The van der Waals surface area contributed by atoms with Crippen LogP contribution in [0.1, 0.15) is 45.0 Å². The van der Waals surface area contributed by atoms with E-state index in [-0.39, 0.29) is 5.41 Å². The van der Waals surface area contributed by atoms with Gasteiger partial charge in [-0.3, -0.25) is 0 Å². The van der Waals surface area contributed by atoms with Crippen molar-refractivity contribution in [2.45, 2.75) is 40.0 Å². The van der Waals surface area contributed by atoms with E-state index in [1.54, 1.807) is 0 Å². The molecule has 0 fully saturated rings. The van der Waals surface area contributed by atoms with Crippen LogP contribution in [0.2, 0.25) is 0 Å². The quantitative estimate of drug-likeness (QED) is 0.916. The Morgan fingerprint density at radius 2 is 2.00 bits per heavy atom. The van der Waals surface area contributed by atoms with Crippen molar-refractivity contribution < 1.29 is 0 Å². The fraction of sp³-hybridized carbons (Fsp3) is 0.562. The molecule has 0 spiro atoms. The number of hydrogen-bond donors (Lipinski definition) is 1. The lowest BCUT2D eigenvalue weighted by molar-refractivity contribution is 0.377. The summed E-state index contributed by atoms with van der Waals surface area (Å²) in [7, 11) is 2.10. The summed E-state index contributed by atoms with van der Waals surface area (Å²) in [6, 6.07) is 6.56. The molecule has 1 aromatic heterocycles. The molecule has 0 aliphatic carbocycles. The molecule has 0 saturated heterocycles. The van der Waals surface area contributed by atoms with E-state index < -0.39 is 0 Å². The molecule has 3 heteroatoms. The van der Waals surface area contributed by atoms with Gasteiger partial charge in [-0.15, -0.1) is 0 Å². The van der Waals surface area contributed by atoms with Crippen LogP contribution in [0.25, 0.3) is 11.0 Å². The maximum Gasteiger partial charge on any atom is 0.112 e. The first-order valence-electron chi connectivity index (χ1n) is 6.99. The number of rotatable bonds is 4. The predicted octanol–water partition coefficient (Wildman–Crippen LogP) is 3.22. The highest BCUT2D eigenvalue weighted by Crippen LogP contribution is 2.25. The molecular formula is C16H25N3. The zero-order valence-corrected chi connectivity index (χ0v) is 12.7. The highest BCUT2D eigenvalue weighted by atomic mass is 15.1. The van der Waals surface area contributed by atoms with Gasteiger partial charge in [0, 0.05) is 13.0 Å². The maximum absolute atomic E-state index is 5.82. The van der Waals surface area contributed by atoms with Crippen molar-refractivity contribution in [2.24, 2.45) is 18.2 Å². The normalized spacial score (nSPS) is 12.6. The van der Waals surface area contributed by atoms with Crippen LogP contribution in [0, 0.1) is 5.41 Å². The van der Waals surface area contributed by atoms with Crippen molar-refractivity contribution in [1.82, 2.24) is 9.55 Å². The van der Waals surface area contributed by atoms with Gasteiger partial charge in [-0.25, -0.2) is 4.98 Å². The molecule has 2 N–H and O–H groups in total. The Kier molecular flexibility index (Phi) is 3.68. The molecule has 3 nitrogen and oxygen atoms in total. The second-order valence-corrected chi connectivity index (χ2v) is 6.55. The fourth-order valence-corrected chi connectivity index (χ4v) is 2.51. The van der Waals surface area contributed by atoms with Gasteiger partial charge in [-0.05, 0) is 36.1 Å². The highest BCUT2D eigenvalue weighted by molar-refractivity contribution is 5.77. The predicted molar refractivity (Wildman–Crippen MR) is 81.3 cm³/mol. The van der Waals surface area contributed by atoms with Crippen molar-refractivity contribution >= 4 is 11.0 Å². The molecule has 0 saturated carbocycles. The Bertz CT molecular complexity index is 579. The summed E-state index contributed by atoms with van der Waals surface area (Å²) in [4.78, 5) is 4.71. The number of imidazole rings is 1. The molecule has 0 unspecified atom stereocenters. The Labute approximate surface area is 115 Å². The molecule has 0 atom stereocenters. The largest absolute Gasteiger partial charge is 0.331 e. The minimum atomic E-state index is 0.146. The van der Waals surface area contributed by atoms with Crippen molar-refractivity contribution in [3.05, 3.63) is 29.6 Å². The van der Waals surface area contributed by atoms with Crippen molar-refractivity contribution in [3.63, 3.8) is 0 Å². The standard InChI is InChI=1S/C16H25N3/c1-11(2)15-18-13-7-6-12(8-14(13)19(15)5)9-16(3,4)10-17/h6-8,11H,9-10,17H2,1-5H3. The van der Waals surface area contributed by atoms with E-state index in [0.29, 0.717) is 12.5 Å². The average Bonchev–Trinajstić information content (AvgIpc) is 2.67. The van der Waals surface area contributed by atoms with Crippen LogP contribution in [0.15, 0.2) is 18.2 Å². The molecule has 0 bridgehead atoms. The van der Waals surface area contributed by atoms with E-state index in [1.165, 1.54) is 11.1 Å². The molecular weight excluding hydrogens is 234 g/mol. The number of fused-ring (bicyclic) bond motifs is 1. The lowest BCUT2D eigenvalue weighted by atomic mass is 9.86. The second kappa shape index (κ2) is 4.97. The summed E-state index contributed by atoms with van der Waals surface area (Å²) < 4.78 is 2.21. The molecule has 0 aliphatic heterocycles. The third kappa shape index (κ3) is 2.81. The average molecular weight is 259 g/mol. The molecule has 2 aromatic rings. The summed E-state index contributed by atoms with van der Waals surface area (Å²) in [5, 5.41) is 0. The van der Waals surface area contributed by atoms with Crippen LogP contribution in [0.4, 0.5) is 0 Å². The zero-order chi connectivity index (χ0) is 14.2. The number of nitrogens with zero attached hydrogens (tertiary/aromatic N) is 2. The Balaban J connectivity index is 2.43. The lowest BCUT2D eigenvalue weighted by Crippen LogP contribution is -2.25. The van der Waals surface area contributed by atoms with Crippen molar-refractivity contribution in [1.29, 1.82) is 0 Å². The minimum absolute atomic E-state index is 0.146. The molecule has 19 heavy (non-hydrogen) atoms. The molecule has 2 rings (SSSR count). The van der Waals surface area contributed by atoms with Gasteiger partial charge in [0.1, 0.15) is 5.82 Å². The van der Waals surface area contributed by atoms with Gasteiger partial charge in [-0.1, -0.05) is 33.8 Å². The van der Waals surface area contributed by atoms with Crippen molar-refractivity contribution in [2.75, 3.05) is 6.54 Å². The summed E-state index contributed by atoms with van der Waals surface area (Å²) in [5.41, 5.74) is 9.60.